The van der Waals surface area contributed by atoms with E-state index in [0.717, 1.165) is 17.8 Å². The van der Waals surface area contributed by atoms with Crippen molar-refractivity contribution in [3.63, 3.8) is 0 Å². The van der Waals surface area contributed by atoms with E-state index in [0.29, 0.717) is 34.7 Å². The van der Waals surface area contributed by atoms with Crippen molar-refractivity contribution >= 4 is 0 Å². The lowest BCUT2D eigenvalue weighted by molar-refractivity contribution is 0.134. The minimum absolute atomic E-state index is 0.438. The molecule has 3 heterocycles. The maximum absolute atomic E-state index is 2.61. The average Bonchev–Trinajstić information content (AvgIpc) is 3.16. The van der Waals surface area contributed by atoms with Crippen molar-refractivity contribution in [3.05, 3.63) is 0 Å². The third kappa shape index (κ3) is 8.80. The standard InChI is InChI=1S/3C10H21N/c3*1-8(2)11-7-9(3)6-10(11,4)5/h3*8-9H,6-7H2,1-5H3/t9-;;/m0../s1. The van der Waals surface area contributed by atoms with Crippen LogP contribution in [0.3, 0.4) is 0 Å². The van der Waals surface area contributed by atoms with Gasteiger partial charge in [-0.05, 0) is 120 Å². The van der Waals surface area contributed by atoms with E-state index < -0.39 is 0 Å². The molecule has 33 heavy (non-hydrogen) atoms. The molecule has 0 radical (unpaired) electrons. The van der Waals surface area contributed by atoms with Crippen molar-refractivity contribution in [2.45, 2.75) is 158 Å². The largest absolute Gasteiger partial charge is 0.296 e. The molecule has 0 amide bonds. The van der Waals surface area contributed by atoms with Crippen LogP contribution in [-0.2, 0) is 0 Å². The van der Waals surface area contributed by atoms with Crippen LogP contribution in [0.15, 0.2) is 0 Å². The Morgan fingerprint density at radius 2 is 0.636 bits per heavy atom. The fourth-order valence-electron chi connectivity index (χ4n) is 7.58. The SMILES string of the molecule is CC(C)N1C[C@@H](C)CC1(C)C.CC1CN(C(C)C)C(C)(C)C1.CC1CN(C(C)C)C(C)(C)C1. The highest BCUT2D eigenvalue weighted by molar-refractivity contribution is 4.94. The molecule has 0 aliphatic carbocycles. The molecule has 0 aromatic carbocycles. The molecule has 3 atom stereocenters. The number of hydrogen-bond acceptors (Lipinski definition) is 3. The molecule has 0 saturated carbocycles. The molecule has 0 aromatic heterocycles. The van der Waals surface area contributed by atoms with Crippen molar-refractivity contribution in [3.8, 4) is 0 Å². The van der Waals surface area contributed by atoms with Gasteiger partial charge in [-0.25, -0.2) is 0 Å². The van der Waals surface area contributed by atoms with Crippen LogP contribution in [0.1, 0.15) is 123 Å². The summed E-state index contributed by atoms with van der Waals surface area (Å²) < 4.78 is 0. The molecule has 2 unspecified atom stereocenters. The minimum Gasteiger partial charge on any atom is -0.296 e. The van der Waals surface area contributed by atoms with Crippen LogP contribution in [0.2, 0.25) is 0 Å². The van der Waals surface area contributed by atoms with Crippen LogP contribution in [0.5, 0.6) is 0 Å². The molecule has 0 bridgehead atoms. The molecule has 3 aliphatic heterocycles. The Balaban J connectivity index is 0.000000247. The summed E-state index contributed by atoms with van der Waals surface area (Å²) in [4.78, 5) is 7.83. The van der Waals surface area contributed by atoms with E-state index in [1.165, 1.54) is 38.9 Å². The van der Waals surface area contributed by atoms with Gasteiger partial charge in [-0.15, -0.1) is 0 Å². The van der Waals surface area contributed by atoms with Gasteiger partial charge in [-0.2, -0.15) is 0 Å². The Bertz CT molecular complexity index is 494. The molecule has 3 aliphatic rings. The second-order valence-corrected chi connectivity index (χ2v) is 14.6. The lowest BCUT2D eigenvalue weighted by atomic mass is 9.97. The maximum atomic E-state index is 2.61. The van der Waals surface area contributed by atoms with Gasteiger partial charge in [-0.1, -0.05) is 20.8 Å². The van der Waals surface area contributed by atoms with Gasteiger partial charge in [0.15, 0.2) is 0 Å². The van der Waals surface area contributed by atoms with E-state index >= 15 is 0 Å². The zero-order valence-corrected chi connectivity index (χ0v) is 25.5. The Hall–Kier alpha value is -0.120. The lowest BCUT2D eigenvalue weighted by Crippen LogP contribution is -2.42. The van der Waals surface area contributed by atoms with Gasteiger partial charge >= 0.3 is 0 Å². The normalized spacial score (nSPS) is 31.6. The maximum Gasteiger partial charge on any atom is 0.0159 e. The van der Waals surface area contributed by atoms with Crippen LogP contribution in [-0.4, -0.2) is 69.1 Å². The molecule has 198 valence electrons. The molecule has 3 heteroatoms. The van der Waals surface area contributed by atoms with Crippen LogP contribution in [0.25, 0.3) is 0 Å². The summed E-state index contributed by atoms with van der Waals surface area (Å²) in [5.41, 5.74) is 1.31. The molecule has 3 saturated heterocycles. The van der Waals surface area contributed by atoms with Crippen LogP contribution < -0.4 is 0 Å². The average molecular weight is 466 g/mol. The first kappa shape index (κ1) is 30.9. The van der Waals surface area contributed by atoms with Crippen molar-refractivity contribution < 1.29 is 0 Å². The van der Waals surface area contributed by atoms with E-state index in [9.17, 15) is 0 Å². The summed E-state index contributed by atoms with van der Waals surface area (Å²) in [6.45, 7) is 38.8. The smallest absolute Gasteiger partial charge is 0.0159 e. The molecular weight excluding hydrogens is 402 g/mol. The third-order valence-corrected chi connectivity index (χ3v) is 8.27. The second kappa shape index (κ2) is 11.7. The summed E-state index contributed by atoms with van der Waals surface area (Å²) in [6, 6.07) is 2.11. The van der Waals surface area contributed by atoms with Gasteiger partial charge in [0, 0.05) is 54.4 Å². The van der Waals surface area contributed by atoms with E-state index in [1.807, 2.05) is 0 Å². The van der Waals surface area contributed by atoms with Crippen molar-refractivity contribution in [2.24, 2.45) is 17.8 Å². The Morgan fingerprint density at radius 1 is 0.455 bits per heavy atom. The van der Waals surface area contributed by atoms with Gasteiger partial charge in [0.25, 0.3) is 0 Å². The van der Waals surface area contributed by atoms with Gasteiger partial charge in [0.1, 0.15) is 0 Å². The summed E-state index contributed by atoms with van der Waals surface area (Å²) >= 11 is 0. The molecule has 3 rings (SSSR count). The lowest BCUT2D eigenvalue weighted by Gasteiger charge is -2.34. The highest BCUT2D eigenvalue weighted by Gasteiger charge is 2.38. The summed E-state index contributed by atoms with van der Waals surface area (Å²) in [5, 5.41) is 0. The molecule has 0 N–H and O–H groups in total. The molecule has 3 fully saturated rings. The molecular formula is C30H63N3. The first-order valence-electron chi connectivity index (χ1n) is 14.1. The van der Waals surface area contributed by atoms with Gasteiger partial charge < -0.3 is 0 Å². The first-order valence-corrected chi connectivity index (χ1v) is 14.1. The van der Waals surface area contributed by atoms with E-state index in [-0.39, 0.29) is 0 Å². The van der Waals surface area contributed by atoms with E-state index in [1.54, 1.807) is 0 Å². The van der Waals surface area contributed by atoms with E-state index in [2.05, 4.69) is 119 Å². The highest BCUT2D eigenvalue weighted by Crippen LogP contribution is 2.35. The monoisotopic (exact) mass is 466 g/mol. The van der Waals surface area contributed by atoms with Crippen LogP contribution >= 0.6 is 0 Å². The summed E-state index contributed by atoms with van der Waals surface area (Å²) in [6.07, 6.45) is 4.06. The van der Waals surface area contributed by atoms with Gasteiger partial charge in [-0.3, -0.25) is 14.7 Å². The van der Waals surface area contributed by atoms with Crippen molar-refractivity contribution in [1.29, 1.82) is 0 Å². The van der Waals surface area contributed by atoms with Crippen LogP contribution in [0, 0.1) is 17.8 Å². The Morgan fingerprint density at radius 3 is 0.697 bits per heavy atom. The number of hydrogen-bond donors (Lipinski definition) is 0. The first-order chi connectivity index (χ1) is 14.8. The number of likely N-dealkylation sites (tertiary alicyclic amines) is 3. The topological polar surface area (TPSA) is 9.72 Å². The predicted molar refractivity (Wildman–Crippen MR) is 149 cm³/mol. The molecule has 0 aromatic rings. The van der Waals surface area contributed by atoms with Crippen LogP contribution in [0.4, 0.5) is 0 Å². The Kier molecular flexibility index (Phi) is 11.0. The Labute approximate surface area is 210 Å². The highest BCUT2D eigenvalue weighted by atomic mass is 15.2. The predicted octanol–water partition coefficient (Wildman–Crippen LogP) is 7.55. The summed E-state index contributed by atoms with van der Waals surface area (Å²) in [7, 11) is 0. The van der Waals surface area contributed by atoms with Gasteiger partial charge in [0.2, 0.25) is 0 Å². The minimum atomic E-state index is 0.438. The zero-order chi connectivity index (χ0) is 25.9. The quantitative estimate of drug-likeness (QED) is 0.426. The summed E-state index contributed by atoms with van der Waals surface area (Å²) in [5.74, 6) is 2.65. The van der Waals surface area contributed by atoms with E-state index in [4.69, 9.17) is 0 Å². The number of nitrogens with zero attached hydrogens (tertiary/aromatic N) is 3. The zero-order valence-electron chi connectivity index (χ0n) is 25.5. The van der Waals surface area contributed by atoms with Crippen molar-refractivity contribution in [2.75, 3.05) is 19.6 Å². The third-order valence-electron chi connectivity index (χ3n) is 8.27. The molecule has 3 nitrogen and oxygen atoms in total. The fraction of sp³-hybridized carbons (Fsp3) is 1.00. The fourth-order valence-corrected chi connectivity index (χ4v) is 7.58. The number of rotatable bonds is 3. The molecule has 0 spiro atoms. The van der Waals surface area contributed by atoms with Gasteiger partial charge in [0.05, 0.1) is 0 Å². The second-order valence-electron chi connectivity index (χ2n) is 14.6. The van der Waals surface area contributed by atoms with Crippen molar-refractivity contribution in [1.82, 2.24) is 14.7 Å².